The molecule has 0 aromatic heterocycles. The highest BCUT2D eigenvalue weighted by atomic mass is 32.2. The first-order valence-electron chi connectivity index (χ1n) is 8.66. The molecule has 0 saturated carbocycles. The number of anilines is 1. The van der Waals surface area contributed by atoms with E-state index in [1.807, 2.05) is 0 Å². The Morgan fingerprint density at radius 1 is 1.04 bits per heavy atom. The van der Waals surface area contributed by atoms with Crippen LogP contribution < -0.4 is 10.0 Å². The zero-order valence-electron chi connectivity index (χ0n) is 15.5. The van der Waals surface area contributed by atoms with Crippen LogP contribution in [0.15, 0.2) is 53.4 Å². The molecule has 2 aromatic rings. The van der Waals surface area contributed by atoms with Crippen LogP contribution in [0, 0.1) is 5.82 Å². The van der Waals surface area contributed by atoms with Crippen LogP contribution in [0.3, 0.4) is 0 Å². The SMILES string of the molecule is COCCOCCCNC(=O)c1ccc(S(=O)(=O)Nc2ccccc2F)cc1. The quantitative estimate of drug-likeness (QED) is 0.555. The summed E-state index contributed by atoms with van der Waals surface area (Å²) < 4.78 is 50.7. The van der Waals surface area contributed by atoms with Crippen LogP contribution in [0.25, 0.3) is 0 Å². The molecule has 0 radical (unpaired) electrons. The molecule has 0 aliphatic heterocycles. The van der Waals surface area contributed by atoms with E-state index in [0.29, 0.717) is 38.3 Å². The molecule has 7 nitrogen and oxygen atoms in total. The third-order valence-electron chi connectivity index (χ3n) is 3.73. The van der Waals surface area contributed by atoms with E-state index in [1.165, 1.54) is 42.5 Å². The average molecular weight is 410 g/mol. The summed E-state index contributed by atoms with van der Waals surface area (Å²) in [6.45, 7) is 1.96. The molecule has 0 bridgehead atoms. The van der Waals surface area contributed by atoms with Gasteiger partial charge in [0, 0.05) is 25.8 Å². The van der Waals surface area contributed by atoms with Crippen molar-refractivity contribution in [3.05, 3.63) is 59.9 Å². The number of carbonyl (C=O) groups excluding carboxylic acids is 1. The molecular formula is C19H23FN2O5S. The predicted octanol–water partition coefficient (Wildman–Crippen LogP) is 2.41. The normalized spacial score (nSPS) is 11.2. The van der Waals surface area contributed by atoms with Gasteiger partial charge in [0.25, 0.3) is 15.9 Å². The lowest BCUT2D eigenvalue weighted by atomic mass is 10.2. The average Bonchev–Trinajstić information content (AvgIpc) is 2.69. The molecule has 2 aromatic carbocycles. The van der Waals surface area contributed by atoms with Crippen molar-refractivity contribution in [2.75, 3.05) is 38.2 Å². The Balaban J connectivity index is 1.88. The third-order valence-corrected chi connectivity index (χ3v) is 5.11. The van der Waals surface area contributed by atoms with E-state index >= 15 is 0 Å². The van der Waals surface area contributed by atoms with Gasteiger partial charge in [0.2, 0.25) is 0 Å². The molecule has 0 heterocycles. The number of hydrogen-bond acceptors (Lipinski definition) is 5. The van der Waals surface area contributed by atoms with E-state index in [1.54, 1.807) is 7.11 Å². The maximum atomic E-state index is 13.6. The molecule has 0 fully saturated rings. The van der Waals surface area contributed by atoms with Gasteiger partial charge in [-0.25, -0.2) is 12.8 Å². The third kappa shape index (κ3) is 6.59. The first-order valence-corrected chi connectivity index (χ1v) is 10.1. The molecular weight excluding hydrogens is 387 g/mol. The van der Waals surface area contributed by atoms with Crippen LogP contribution in [0.2, 0.25) is 0 Å². The molecule has 0 atom stereocenters. The molecule has 0 spiro atoms. The van der Waals surface area contributed by atoms with Crippen LogP contribution >= 0.6 is 0 Å². The summed E-state index contributed by atoms with van der Waals surface area (Å²) in [5.74, 6) is -0.990. The summed E-state index contributed by atoms with van der Waals surface area (Å²) in [5.41, 5.74) is 0.183. The minimum atomic E-state index is -3.96. The van der Waals surface area contributed by atoms with Gasteiger partial charge in [0.15, 0.2) is 0 Å². The van der Waals surface area contributed by atoms with Gasteiger partial charge < -0.3 is 14.8 Å². The molecule has 1 amide bonds. The number of amides is 1. The van der Waals surface area contributed by atoms with Gasteiger partial charge in [-0.3, -0.25) is 9.52 Å². The fraction of sp³-hybridized carbons (Fsp3) is 0.316. The van der Waals surface area contributed by atoms with Gasteiger partial charge in [-0.15, -0.1) is 0 Å². The van der Waals surface area contributed by atoms with Gasteiger partial charge in [0.05, 0.1) is 23.8 Å². The van der Waals surface area contributed by atoms with Gasteiger partial charge >= 0.3 is 0 Å². The minimum absolute atomic E-state index is 0.0705. The Kier molecular flexibility index (Phi) is 8.37. The Bertz CT molecular complexity index is 872. The van der Waals surface area contributed by atoms with Gasteiger partial charge in [0.1, 0.15) is 5.82 Å². The van der Waals surface area contributed by atoms with Crippen molar-refractivity contribution in [2.45, 2.75) is 11.3 Å². The van der Waals surface area contributed by atoms with E-state index in [0.717, 1.165) is 6.07 Å². The highest BCUT2D eigenvalue weighted by Crippen LogP contribution is 2.19. The second kappa shape index (κ2) is 10.7. The summed E-state index contributed by atoms with van der Waals surface area (Å²) in [6.07, 6.45) is 0.647. The first kappa shape index (κ1) is 21.8. The monoisotopic (exact) mass is 410 g/mol. The lowest BCUT2D eigenvalue weighted by molar-refractivity contribution is 0.0688. The largest absolute Gasteiger partial charge is 0.382 e. The van der Waals surface area contributed by atoms with E-state index in [2.05, 4.69) is 10.0 Å². The fourth-order valence-corrected chi connectivity index (χ4v) is 3.32. The van der Waals surface area contributed by atoms with Crippen LogP contribution in [0.1, 0.15) is 16.8 Å². The maximum Gasteiger partial charge on any atom is 0.261 e. The second-order valence-electron chi connectivity index (χ2n) is 5.82. The number of hydrogen-bond donors (Lipinski definition) is 2. The Hall–Kier alpha value is -2.49. The van der Waals surface area contributed by atoms with Gasteiger partial charge in [-0.05, 0) is 42.8 Å². The fourth-order valence-electron chi connectivity index (χ4n) is 2.26. The summed E-state index contributed by atoms with van der Waals surface area (Å²) in [5, 5.41) is 2.73. The van der Waals surface area contributed by atoms with Crippen molar-refractivity contribution in [1.29, 1.82) is 0 Å². The zero-order chi connectivity index (χ0) is 20.4. The van der Waals surface area contributed by atoms with Gasteiger partial charge in [-0.1, -0.05) is 12.1 Å². The maximum absolute atomic E-state index is 13.6. The Morgan fingerprint density at radius 2 is 1.75 bits per heavy atom. The summed E-state index contributed by atoms with van der Waals surface area (Å²) in [6, 6.07) is 10.9. The molecule has 9 heteroatoms. The zero-order valence-corrected chi connectivity index (χ0v) is 16.3. The summed E-state index contributed by atoms with van der Waals surface area (Å²) >= 11 is 0. The standard InChI is InChI=1S/C19H23FN2O5S/c1-26-13-14-27-12-4-11-21-19(23)15-7-9-16(10-8-15)28(24,25)22-18-6-3-2-5-17(18)20/h2-3,5-10,22H,4,11-14H2,1H3,(H,21,23). The first-order chi connectivity index (χ1) is 13.4. The number of benzene rings is 2. The van der Waals surface area contributed by atoms with Crippen molar-refractivity contribution >= 4 is 21.6 Å². The Morgan fingerprint density at radius 3 is 2.43 bits per heavy atom. The number of carbonyl (C=O) groups is 1. The molecule has 0 saturated heterocycles. The molecule has 0 aliphatic carbocycles. The smallest absolute Gasteiger partial charge is 0.261 e. The number of para-hydroxylation sites is 1. The number of ether oxygens (including phenoxy) is 2. The number of sulfonamides is 1. The van der Waals surface area contributed by atoms with Crippen molar-refractivity contribution in [3.63, 3.8) is 0 Å². The highest BCUT2D eigenvalue weighted by molar-refractivity contribution is 7.92. The summed E-state index contributed by atoms with van der Waals surface area (Å²) in [4.78, 5) is 12.0. The van der Waals surface area contributed by atoms with E-state index < -0.39 is 15.8 Å². The van der Waals surface area contributed by atoms with Crippen LogP contribution in [0.5, 0.6) is 0 Å². The van der Waals surface area contributed by atoms with E-state index in [-0.39, 0.29) is 16.5 Å². The van der Waals surface area contributed by atoms with Crippen LogP contribution in [-0.4, -0.2) is 47.8 Å². The van der Waals surface area contributed by atoms with Crippen LogP contribution in [-0.2, 0) is 19.5 Å². The highest BCUT2D eigenvalue weighted by Gasteiger charge is 2.16. The number of halogens is 1. The number of nitrogens with one attached hydrogen (secondary N) is 2. The topological polar surface area (TPSA) is 93.7 Å². The molecule has 0 aliphatic rings. The lowest BCUT2D eigenvalue weighted by Gasteiger charge is -2.10. The van der Waals surface area contributed by atoms with Crippen molar-refractivity contribution in [1.82, 2.24) is 5.32 Å². The van der Waals surface area contributed by atoms with E-state index in [4.69, 9.17) is 9.47 Å². The second-order valence-corrected chi connectivity index (χ2v) is 7.51. The molecule has 152 valence electrons. The van der Waals surface area contributed by atoms with Crippen molar-refractivity contribution < 1.29 is 27.1 Å². The summed E-state index contributed by atoms with van der Waals surface area (Å²) in [7, 11) is -2.37. The molecule has 0 unspecified atom stereocenters. The van der Waals surface area contributed by atoms with Gasteiger partial charge in [-0.2, -0.15) is 0 Å². The molecule has 28 heavy (non-hydrogen) atoms. The molecule has 2 rings (SSSR count). The van der Waals surface area contributed by atoms with E-state index in [9.17, 15) is 17.6 Å². The molecule has 2 N–H and O–H groups in total. The Labute approximate surface area is 163 Å². The lowest BCUT2D eigenvalue weighted by Crippen LogP contribution is -2.25. The van der Waals surface area contributed by atoms with Crippen LogP contribution in [0.4, 0.5) is 10.1 Å². The number of methoxy groups -OCH3 is 1. The van der Waals surface area contributed by atoms with Crippen molar-refractivity contribution in [3.8, 4) is 0 Å². The minimum Gasteiger partial charge on any atom is -0.382 e. The van der Waals surface area contributed by atoms with Crippen molar-refractivity contribution in [2.24, 2.45) is 0 Å². The predicted molar refractivity (Wildman–Crippen MR) is 103 cm³/mol. The number of rotatable bonds is 11.